The monoisotopic (exact) mass is 472 g/mol. The summed E-state index contributed by atoms with van der Waals surface area (Å²) in [5.74, 6) is 1.62. The lowest BCUT2D eigenvalue weighted by molar-refractivity contribution is -0.870. The van der Waals surface area contributed by atoms with Crippen molar-refractivity contribution >= 4 is 0 Å². The minimum absolute atomic E-state index is 0.455. The normalized spacial score (nSPS) is 18.4. The van der Waals surface area contributed by atoms with Crippen molar-refractivity contribution in [3.8, 4) is 0 Å². The zero-order valence-electron chi connectivity index (χ0n) is 22.9. The Morgan fingerprint density at radius 3 is 2.06 bits per heavy atom. The lowest BCUT2D eigenvalue weighted by atomic mass is 9.76. The third kappa shape index (κ3) is 17.0. The highest BCUT2D eigenvalue weighted by atomic mass is 16.7. The van der Waals surface area contributed by atoms with Gasteiger partial charge in [-0.3, -0.25) is 0 Å². The van der Waals surface area contributed by atoms with E-state index in [0.717, 1.165) is 29.3 Å². The molecule has 1 N–H and O–H groups in total. The zero-order valence-corrected chi connectivity index (χ0v) is 22.9. The standard InChI is InChI=1S/C28H58NO4/c1-6-7-8-9-10-11-13-18-27(26-16-14-12-15-17-26)19-21-32-28(25(2)30)33-24-23-31-22-20-29(3,4)5/h25-28,30H,6-24H2,1-5H3/q+1. The first kappa shape index (κ1) is 30.8. The molecule has 0 amide bonds. The van der Waals surface area contributed by atoms with E-state index in [2.05, 4.69) is 28.1 Å². The molecule has 5 nitrogen and oxygen atoms in total. The van der Waals surface area contributed by atoms with Crippen LogP contribution in [0.5, 0.6) is 0 Å². The van der Waals surface area contributed by atoms with Crippen molar-refractivity contribution in [2.75, 3.05) is 54.1 Å². The second kappa shape index (κ2) is 19.0. The fourth-order valence-electron chi connectivity index (χ4n) is 4.91. The number of hydrogen-bond donors (Lipinski definition) is 1. The number of rotatable bonds is 21. The first-order valence-corrected chi connectivity index (χ1v) is 14.1. The van der Waals surface area contributed by atoms with Crippen LogP contribution in [0.25, 0.3) is 0 Å². The molecule has 198 valence electrons. The SMILES string of the molecule is CCCCCCCCCC(CCOC(OCCOCC[N+](C)(C)C)C(C)O)C1CCCCC1. The third-order valence-corrected chi connectivity index (χ3v) is 7.08. The topological polar surface area (TPSA) is 47.9 Å². The Labute approximate surface area is 206 Å². The summed E-state index contributed by atoms with van der Waals surface area (Å²) >= 11 is 0. The Kier molecular flexibility index (Phi) is 17.8. The average Bonchev–Trinajstić information content (AvgIpc) is 2.77. The molecule has 3 atom stereocenters. The first-order chi connectivity index (χ1) is 15.8. The maximum atomic E-state index is 10.1. The highest BCUT2D eigenvalue weighted by Gasteiger charge is 2.24. The molecule has 0 aromatic heterocycles. The van der Waals surface area contributed by atoms with Gasteiger partial charge in [-0.05, 0) is 25.2 Å². The molecular formula is C28H58NO4+. The lowest BCUT2D eigenvalue weighted by Gasteiger charge is -2.31. The van der Waals surface area contributed by atoms with E-state index in [-0.39, 0.29) is 0 Å². The Bertz CT molecular complexity index is 432. The number of aliphatic hydroxyl groups excluding tert-OH is 1. The van der Waals surface area contributed by atoms with Crippen molar-refractivity contribution in [1.29, 1.82) is 0 Å². The van der Waals surface area contributed by atoms with Gasteiger partial charge in [0.05, 0.1) is 47.6 Å². The largest absolute Gasteiger partial charge is 0.388 e. The summed E-state index contributed by atoms with van der Waals surface area (Å²) in [6.45, 7) is 7.39. The number of aliphatic hydroxyl groups is 1. The fourth-order valence-corrected chi connectivity index (χ4v) is 4.91. The van der Waals surface area contributed by atoms with E-state index in [1.165, 1.54) is 83.5 Å². The quantitative estimate of drug-likeness (QED) is 0.123. The van der Waals surface area contributed by atoms with Crippen LogP contribution >= 0.6 is 0 Å². The summed E-state index contributed by atoms with van der Waals surface area (Å²) in [7, 11) is 6.47. The van der Waals surface area contributed by atoms with Crippen LogP contribution in [0.1, 0.15) is 104 Å². The molecule has 0 saturated heterocycles. The molecule has 3 unspecified atom stereocenters. The molecule has 5 heteroatoms. The van der Waals surface area contributed by atoms with Crippen LogP contribution in [-0.4, -0.2) is 76.1 Å². The number of likely N-dealkylation sites (N-methyl/N-ethyl adjacent to an activating group) is 1. The molecule has 0 radical (unpaired) electrons. The summed E-state index contributed by atoms with van der Waals surface area (Å²) in [6, 6.07) is 0. The number of quaternary nitrogens is 1. The number of unbranched alkanes of at least 4 members (excludes halogenated alkanes) is 6. The van der Waals surface area contributed by atoms with Gasteiger partial charge in [0.1, 0.15) is 12.6 Å². The minimum Gasteiger partial charge on any atom is -0.388 e. The molecule has 1 aliphatic rings. The van der Waals surface area contributed by atoms with Crippen LogP contribution in [0.15, 0.2) is 0 Å². The molecule has 0 bridgehead atoms. The summed E-state index contributed by atoms with van der Waals surface area (Å²) in [5.41, 5.74) is 0. The smallest absolute Gasteiger partial charge is 0.183 e. The van der Waals surface area contributed by atoms with Crippen LogP contribution in [0.4, 0.5) is 0 Å². The number of nitrogens with zero attached hydrogens (tertiary/aromatic N) is 1. The average molecular weight is 473 g/mol. The van der Waals surface area contributed by atoms with E-state index in [0.29, 0.717) is 26.4 Å². The Morgan fingerprint density at radius 1 is 0.788 bits per heavy atom. The summed E-state index contributed by atoms with van der Waals surface area (Å²) in [4.78, 5) is 0. The number of hydrogen-bond acceptors (Lipinski definition) is 4. The van der Waals surface area contributed by atoms with Gasteiger partial charge in [-0.15, -0.1) is 0 Å². The molecule has 33 heavy (non-hydrogen) atoms. The van der Waals surface area contributed by atoms with E-state index >= 15 is 0 Å². The number of ether oxygens (including phenoxy) is 3. The van der Waals surface area contributed by atoms with Crippen LogP contribution in [0, 0.1) is 11.8 Å². The Hall–Kier alpha value is -0.200. The van der Waals surface area contributed by atoms with E-state index in [1.54, 1.807) is 6.92 Å². The molecule has 0 aromatic carbocycles. The van der Waals surface area contributed by atoms with Crippen molar-refractivity contribution in [1.82, 2.24) is 0 Å². The Morgan fingerprint density at radius 2 is 1.42 bits per heavy atom. The molecule has 0 heterocycles. The zero-order chi connectivity index (χ0) is 24.4. The highest BCUT2D eigenvalue weighted by molar-refractivity contribution is 4.74. The predicted octanol–water partition coefficient (Wildman–Crippen LogP) is 6.18. The molecule has 1 rings (SSSR count). The lowest BCUT2D eigenvalue weighted by Crippen LogP contribution is -2.38. The van der Waals surface area contributed by atoms with Gasteiger partial charge in [0.25, 0.3) is 0 Å². The third-order valence-electron chi connectivity index (χ3n) is 7.08. The van der Waals surface area contributed by atoms with Gasteiger partial charge in [0.15, 0.2) is 6.29 Å². The van der Waals surface area contributed by atoms with Crippen molar-refractivity contribution in [2.45, 2.75) is 116 Å². The molecule has 0 spiro atoms. The minimum atomic E-state index is -0.632. The van der Waals surface area contributed by atoms with Crippen molar-refractivity contribution in [3.05, 3.63) is 0 Å². The van der Waals surface area contributed by atoms with Crippen LogP contribution in [0.2, 0.25) is 0 Å². The van der Waals surface area contributed by atoms with Crippen LogP contribution < -0.4 is 0 Å². The van der Waals surface area contributed by atoms with E-state index < -0.39 is 12.4 Å². The van der Waals surface area contributed by atoms with E-state index in [9.17, 15) is 5.11 Å². The summed E-state index contributed by atoms with van der Waals surface area (Å²) < 4.78 is 18.4. The summed E-state index contributed by atoms with van der Waals surface area (Å²) in [5, 5.41) is 10.1. The molecule has 1 saturated carbocycles. The molecular weight excluding hydrogens is 414 g/mol. The van der Waals surface area contributed by atoms with Gasteiger partial charge < -0.3 is 23.8 Å². The fraction of sp³-hybridized carbons (Fsp3) is 1.00. The van der Waals surface area contributed by atoms with E-state index in [1.807, 2.05) is 0 Å². The molecule has 1 aliphatic carbocycles. The summed E-state index contributed by atoms with van der Waals surface area (Å²) in [6.07, 6.45) is 17.9. The predicted molar refractivity (Wildman–Crippen MR) is 138 cm³/mol. The maximum absolute atomic E-state index is 10.1. The van der Waals surface area contributed by atoms with Gasteiger partial charge in [-0.2, -0.15) is 0 Å². The first-order valence-electron chi connectivity index (χ1n) is 14.1. The van der Waals surface area contributed by atoms with Crippen LogP contribution in [0.3, 0.4) is 0 Å². The van der Waals surface area contributed by atoms with Gasteiger partial charge >= 0.3 is 0 Å². The highest BCUT2D eigenvalue weighted by Crippen LogP contribution is 2.35. The van der Waals surface area contributed by atoms with Crippen molar-refractivity contribution in [3.63, 3.8) is 0 Å². The molecule has 1 fully saturated rings. The van der Waals surface area contributed by atoms with Gasteiger partial charge in [-0.25, -0.2) is 0 Å². The Balaban J connectivity index is 2.31. The maximum Gasteiger partial charge on any atom is 0.183 e. The van der Waals surface area contributed by atoms with Gasteiger partial charge in [0.2, 0.25) is 0 Å². The van der Waals surface area contributed by atoms with Crippen LogP contribution in [-0.2, 0) is 14.2 Å². The molecule has 0 aromatic rings. The van der Waals surface area contributed by atoms with Gasteiger partial charge in [-0.1, -0.05) is 90.4 Å². The second-order valence-corrected chi connectivity index (χ2v) is 11.3. The molecule has 0 aliphatic heterocycles. The van der Waals surface area contributed by atoms with Gasteiger partial charge in [0, 0.05) is 0 Å². The second-order valence-electron chi connectivity index (χ2n) is 11.3. The van der Waals surface area contributed by atoms with Crippen molar-refractivity contribution < 1.29 is 23.8 Å². The van der Waals surface area contributed by atoms with E-state index in [4.69, 9.17) is 14.2 Å². The van der Waals surface area contributed by atoms with Crippen molar-refractivity contribution in [2.24, 2.45) is 11.8 Å².